The van der Waals surface area contributed by atoms with Gasteiger partial charge in [-0.05, 0) is 0 Å². The van der Waals surface area contributed by atoms with Crippen LogP contribution in [0.3, 0.4) is 0 Å². The van der Waals surface area contributed by atoms with Crippen LogP contribution in [0.4, 0.5) is 13.2 Å². The van der Waals surface area contributed by atoms with Gasteiger partial charge >= 0.3 is 57.6 Å². The third kappa shape index (κ3) is 3.02. The van der Waals surface area contributed by atoms with E-state index in [1.54, 1.807) is 0 Å². The van der Waals surface area contributed by atoms with Gasteiger partial charge in [0.2, 0.25) is 0 Å². The Hall–Kier alpha value is 0.556. The van der Waals surface area contributed by atoms with Gasteiger partial charge in [-0.2, -0.15) is 13.2 Å². The number of hydroxylamine groups is 2. The largest absolute Gasteiger partial charge is 1.00 e. The van der Waals surface area contributed by atoms with Gasteiger partial charge in [0.25, 0.3) is 0 Å². The molecule has 0 unspecified atom stereocenters. The van der Waals surface area contributed by atoms with E-state index in [1.807, 2.05) is 0 Å². The topological polar surface area (TPSA) is 44.1 Å². The van der Waals surface area contributed by atoms with Crippen LogP contribution in [0.1, 0.15) is 11.5 Å². The molecular formula is C7H7F3KN3O. The molecule has 0 aliphatic carbocycles. The summed E-state index contributed by atoms with van der Waals surface area (Å²) in [6.45, 7) is 0.401. The van der Waals surface area contributed by atoms with Crippen LogP contribution < -0.4 is 51.4 Å². The third-order valence-corrected chi connectivity index (χ3v) is 2.06. The molecule has 0 aromatic carbocycles. The van der Waals surface area contributed by atoms with Crippen molar-refractivity contribution in [1.82, 2.24) is 14.6 Å². The van der Waals surface area contributed by atoms with Crippen molar-refractivity contribution in [3.05, 3.63) is 22.9 Å². The number of halogens is 3. The SMILES string of the molecule is [K+].[O-]N1CCn2cc(C(F)(F)F)nc2C1. The molecule has 15 heavy (non-hydrogen) atoms. The van der Waals surface area contributed by atoms with Gasteiger partial charge in [0, 0.05) is 25.8 Å². The van der Waals surface area contributed by atoms with Gasteiger partial charge in [-0.1, -0.05) is 0 Å². The summed E-state index contributed by atoms with van der Waals surface area (Å²) < 4.78 is 38.0. The van der Waals surface area contributed by atoms with E-state index < -0.39 is 11.9 Å². The first-order chi connectivity index (χ1) is 6.47. The van der Waals surface area contributed by atoms with Gasteiger partial charge in [0.05, 0.1) is 0 Å². The Bertz CT molecular complexity index is 352. The Morgan fingerprint density at radius 3 is 2.60 bits per heavy atom. The minimum Gasteiger partial charge on any atom is -0.785 e. The minimum atomic E-state index is -4.43. The van der Waals surface area contributed by atoms with Gasteiger partial charge in [-0.3, -0.25) is 0 Å². The fourth-order valence-corrected chi connectivity index (χ4v) is 1.37. The average Bonchev–Trinajstić information content (AvgIpc) is 2.45. The molecule has 1 aromatic heterocycles. The second-order valence-electron chi connectivity index (χ2n) is 3.10. The summed E-state index contributed by atoms with van der Waals surface area (Å²) in [5, 5.41) is 11.6. The molecule has 1 aliphatic rings. The summed E-state index contributed by atoms with van der Waals surface area (Å²) in [5.41, 5.74) is -0.928. The molecule has 0 saturated heterocycles. The van der Waals surface area contributed by atoms with Crippen molar-refractivity contribution >= 4 is 0 Å². The van der Waals surface area contributed by atoms with Crippen molar-refractivity contribution in [2.24, 2.45) is 0 Å². The van der Waals surface area contributed by atoms with E-state index >= 15 is 0 Å². The van der Waals surface area contributed by atoms with Crippen LogP contribution in [0.5, 0.6) is 0 Å². The molecule has 0 spiro atoms. The predicted molar refractivity (Wildman–Crippen MR) is 41.0 cm³/mol. The fourth-order valence-electron chi connectivity index (χ4n) is 1.37. The van der Waals surface area contributed by atoms with E-state index in [2.05, 4.69) is 4.98 Å². The van der Waals surface area contributed by atoms with Crippen LogP contribution in [0.15, 0.2) is 6.20 Å². The summed E-state index contributed by atoms with van der Waals surface area (Å²) in [7, 11) is 0. The van der Waals surface area contributed by atoms with E-state index in [9.17, 15) is 18.4 Å². The Balaban J connectivity index is 0.00000112. The van der Waals surface area contributed by atoms with Crippen molar-refractivity contribution in [3.63, 3.8) is 0 Å². The predicted octanol–water partition coefficient (Wildman–Crippen LogP) is -1.78. The molecule has 0 N–H and O–H groups in total. The summed E-state index contributed by atoms with van der Waals surface area (Å²) in [6, 6.07) is 0. The number of fused-ring (bicyclic) bond motifs is 1. The first-order valence-electron chi connectivity index (χ1n) is 4.02. The van der Waals surface area contributed by atoms with Gasteiger partial charge in [0.1, 0.15) is 5.82 Å². The summed E-state index contributed by atoms with van der Waals surface area (Å²) in [5.74, 6) is 0.179. The van der Waals surface area contributed by atoms with Crippen molar-refractivity contribution in [2.45, 2.75) is 19.3 Å². The molecule has 1 aromatic rings. The number of hydrogen-bond acceptors (Lipinski definition) is 3. The number of rotatable bonds is 0. The molecule has 8 heteroatoms. The average molecular weight is 245 g/mol. The first kappa shape index (κ1) is 13.6. The Morgan fingerprint density at radius 2 is 2.00 bits per heavy atom. The third-order valence-electron chi connectivity index (χ3n) is 2.06. The standard InChI is InChI=1S/C7H7F3N3O.K/c8-7(9,10)5-3-12-1-2-13(14)4-6(12)11-5;/h3H,1-2,4H2;/q-1;+1. The zero-order valence-electron chi connectivity index (χ0n) is 8.08. The second-order valence-corrected chi connectivity index (χ2v) is 3.10. The number of hydrogen-bond donors (Lipinski definition) is 0. The van der Waals surface area contributed by atoms with Gasteiger partial charge < -0.3 is 14.8 Å². The number of alkyl halides is 3. The van der Waals surface area contributed by atoms with Gasteiger partial charge in [-0.25, -0.2) is 4.98 Å². The molecule has 2 rings (SSSR count). The van der Waals surface area contributed by atoms with Crippen molar-refractivity contribution in [3.8, 4) is 0 Å². The monoisotopic (exact) mass is 245 g/mol. The zero-order valence-corrected chi connectivity index (χ0v) is 11.2. The molecule has 1 aliphatic heterocycles. The molecular weight excluding hydrogens is 238 g/mol. The molecule has 78 valence electrons. The van der Waals surface area contributed by atoms with E-state index in [4.69, 9.17) is 0 Å². The Labute approximate surface area is 126 Å². The quantitative estimate of drug-likeness (QED) is 0.508. The minimum absolute atomic E-state index is 0. The van der Waals surface area contributed by atoms with Crippen LogP contribution in [0, 0.1) is 5.21 Å². The summed E-state index contributed by atoms with van der Waals surface area (Å²) >= 11 is 0. The maximum atomic E-state index is 12.2. The fraction of sp³-hybridized carbons (Fsp3) is 0.571. The molecule has 0 saturated carbocycles. The summed E-state index contributed by atoms with van der Waals surface area (Å²) in [4.78, 5) is 3.37. The number of imidazole rings is 1. The first-order valence-corrected chi connectivity index (χ1v) is 4.02. The molecule has 0 amide bonds. The van der Waals surface area contributed by atoms with E-state index in [0.717, 1.165) is 6.20 Å². The van der Waals surface area contributed by atoms with Gasteiger partial charge in [0.15, 0.2) is 5.69 Å². The van der Waals surface area contributed by atoms with Crippen LogP contribution in [-0.4, -0.2) is 21.2 Å². The molecule has 0 atom stereocenters. The smallest absolute Gasteiger partial charge is 0.785 e. The maximum absolute atomic E-state index is 12.2. The van der Waals surface area contributed by atoms with E-state index in [-0.39, 0.29) is 76.8 Å². The maximum Gasteiger partial charge on any atom is 1.00 e. The van der Waals surface area contributed by atoms with E-state index in [1.165, 1.54) is 4.57 Å². The zero-order chi connectivity index (χ0) is 10.3. The van der Waals surface area contributed by atoms with Crippen molar-refractivity contribution in [1.29, 1.82) is 0 Å². The van der Waals surface area contributed by atoms with E-state index in [0.29, 0.717) is 5.06 Å². The summed E-state index contributed by atoms with van der Waals surface area (Å²) in [6.07, 6.45) is -3.49. The van der Waals surface area contributed by atoms with Crippen LogP contribution >= 0.6 is 0 Å². The van der Waals surface area contributed by atoms with Crippen LogP contribution in [0.2, 0.25) is 0 Å². The molecule has 4 nitrogen and oxygen atoms in total. The number of nitrogens with zero attached hydrogens (tertiary/aromatic N) is 3. The Kier molecular flexibility index (Phi) is 4.38. The van der Waals surface area contributed by atoms with Crippen molar-refractivity contribution < 1.29 is 64.6 Å². The Morgan fingerprint density at radius 1 is 1.33 bits per heavy atom. The number of aromatic nitrogens is 2. The second kappa shape index (κ2) is 4.82. The molecule has 2 heterocycles. The van der Waals surface area contributed by atoms with Crippen molar-refractivity contribution in [2.75, 3.05) is 6.54 Å². The van der Waals surface area contributed by atoms with Crippen LogP contribution in [-0.2, 0) is 19.3 Å². The molecule has 0 radical (unpaired) electrons. The normalized spacial score (nSPS) is 17.1. The van der Waals surface area contributed by atoms with Crippen LogP contribution in [0.25, 0.3) is 0 Å². The van der Waals surface area contributed by atoms with Gasteiger partial charge in [-0.15, -0.1) is 0 Å². The molecule has 0 fully saturated rings. The molecule has 0 bridgehead atoms.